The molecule has 0 radical (unpaired) electrons. The van der Waals surface area contributed by atoms with Gasteiger partial charge >= 0.3 is 17.8 Å². The second-order valence-corrected chi connectivity index (χ2v) is 4.66. The van der Waals surface area contributed by atoms with Gasteiger partial charge in [-0.15, -0.1) is 0 Å². The molecule has 1 heterocycles. The molecule has 112 valence electrons. The standard InChI is InChI=1S/C14H16N2O5/c17-12(16-7-6-15-11(8-16)13(18)19)14(20)21-9-10-4-2-1-3-5-10/h1-5,11,15H,6-9H2,(H,18,19). The van der Waals surface area contributed by atoms with E-state index in [-0.39, 0.29) is 19.7 Å². The largest absolute Gasteiger partial charge is 0.480 e. The number of nitrogens with one attached hydrogen (secondary N) is 1. The van der Waals surface area contributed by atoms with Crippen molar-refractivity contribution >= 4 is 17.8 Å². The Morgan fingerprint density at radius 2 is 2.00 bits per heavy atom. The monoisotopic (exact) mass is 292 g/mol. The van der Waals surface area contributed by atoms with Crippen molar-refractivity contribution in [2.45, 2.75) is 12.6 Å². The van der Waals surface area contributed by atoms with E-state index in [1.165, 1.54) is 4.90 Å². The number of carboxylic acid groups (broad SMARTS) is 1. The second-order valence-electron chi connectivity index (χ2n) is 4.66. The van der Waals surface area contributed by atoms with Crippen molar-refractivity contribution in [2.24, 2.45) is 0 Å². The quantitative estimate of drug-likeness (QED) is 0.582. The van der Waals surface area contributed by atoms with Gasteiger partial charge in [0.1, 0.15) is 12.6 Å². The predicted octanol–water partition coefficient (Wildman–Crippen LogP) is -0.385. The molecule has 7 heteroatoms. The van der Waals surface area contributed by atoms with Gasteiger partial charge in [-0.05, 0) is 5.56 Å². The molecule has 2 rings (SSSR count). The zero-order chi connectivity index (χ0) is 15.2. The lowest BCUT2D eigenvalue weighted by Gasteiger charge is -2.30. The number of carbonyl (C=O) groups excluding carboxylic acids is 2. The van der Waals surface area contributed by atoms with E-state index in [0.29, 0.717) is 6.54 Å². The van der Waals surface area contributed by atoms with Crippen LogP contribution in [0.15, 0.2) is 30.3 Å². The fourth-order valence-electron chi connectivity index (χ4n) is 2.01. The molecule has 0 saturated carbocycles. The summed E-state index contributed by atoms with van der Waals surface area (Å²) in [5.41, 5.74) is 0.780. The fourth-order valence-corrected chi connectivity index (χ4v) is 2.01. The molecular weight excluding hydrogens is 276 g/mol. The van der Waals surface area contributed by atoms with Crippen LogP contribution in [0, 0.1) is 0 Å². The van der Waals surface area contributed by atoms with Crippen LogP contribution >= 0.6 is 0 Å². The Kier molecular flexibility index (Phi) is 4.89. The molecule has 0 spiro atoms. The number of piperazine rings is 1. The van der Waals surface area contributed by atoms with E-state index in [0.717, 1.165) is 5.56 Å². The van der Waals surface area contributed by atoms with E-state index in [4.69, 9.17) is 9.84 Å². The van der Waals surface area contributed by atoms with Crippen LogP contribution in [0.2, 0.25) is 0 Å². The van der Waals surface area contributed by atoms with Crippen molar-refractivity contribution in [1.29, 1.82) is 0 Å². The lowest BCUT2D eigenvalue weighted by Crippen LogP contribution is -2.57. The Morgan fingerprint density at radius 1 is 1.29 bits per heavy atom. The van der Waals surface area contributed by atoms with Gasteiger partial charge in [-0.25, -0.2) is 4.79 Å². The van der Waals surface area contributed by atoms with Crippen LogP contribution in [0.4, 0.5) is 0 Å². The second kappa shape index (κ2) is 6.85. The van der Waals surface area contributed by atoms with Crippen molar-refractivity contribution in [1.82, 2.24) is 10.2 Å². The first-order chi connectivity index (χ1) is 10.1. The first-order valence-corrected chi connectivity index (χ1v) is 6.54. The van der Waals surface area contributed by atoms with Crippen molar-refractivity contribution in [3.05, 3.63) is 35.9 Å². The molecule has 1 unspecified atom stereocenters. The molecule has 0 aromatic heterocycles. The molecule has 1 atom stereocenters. The van der Waals surface area contributed by atoms with Gasteiger partial charge in [0.05, 0.1) is 0 Å². The van der Waals surface area contributed by atoms with Crippen molar-refractivity contribution in [2.75, 3.05) is 19.6 Å². The number of hydrogen-bond acceptors (Lipinski definition) is 5. The first-order valence-electron chi connectivity index (χ1n) is 6.54. The molecule has 0 aliphatic carbocycles. The summed E-state index contributed by atoms with van der Waals surface area (Å²) in [5, 5.41) is 11.7. The Bertz CT molecular complexity index is 531. The van der Waals surface area contributed by atoms with Crippen LogP contribution < -0.4 is 5.32 Å². The third-order valence-electron chi connectivity index (χ3n) is 3.15. The van der Waals surface area contributed by atoms with E-state index in [1.54, 1.807) is 24.3 Å². The van der Waals surface area contributed by atoms with Gasteiger partial charge in [-0.2, -0.15) is 0 Å². The summed E-state index contributed by atoms with van der Waals surface area (Å²) in [6.07, 6.45) is 0. The molecule has 7 nitrogen and oxygen atoms in total. The highest BCUT2D eigenvalue weighted by atomic mass is 16.5. The molecule has 1 aliphatic rings. The number of hydrogen-bond donors (Lipinski definition) is 2. The number of esters is 1. The highest BCUT2D eigenvalue weighted by Crippen LogP contribution is 2.04. The molecule has 1 saturated heterocycles. The molecule has 1 aliphatic heterocycles. The van der Waals surface area contributed by atoms with Crippen LogP contribution in [-0.4, -0.2) is 53.5 Å². The van der Waals surface area contributed by atoms with E-state index in [1.807, 2.05) is 6.07 Å². The van der Waals surface area contributed by atoms with Crippen molar-refractivity contribution in [3.8, 4) is 0 Å². The maximum atomic E-state index is 11.9. The number of amides is 1. The van der Waals surface area contributed by atoms with Crippen molar-refractivity contribution in [3.63, 3.8) is 0 Å². The normalized spacial score (nSPS) is 18.1. The summed E-state index contributed by atoms with van der Waals surface area (Å²) in [7, 11) is 0. The SMILES string of the molecule is O=C(OCc1ccccc1)C(=O)N1CCNC(C(=O)O)C1. The lowest BCUT2D eigenvalue weighted by molar-refractivity contribution is -0.162. The van der Waals surface area contributed by atoms with E-state index < -0.39 is 23.9 Å². The Morgan fingerprint density at radius 3 is 2.67 bits per heavy atom. The number of nitrogens with zero attached hydrogens (tertiary/aromatic N) is 1. The number of benzene rings is 1. The predicted molar refractivity (Wildman–Crippen MR) is 72.2 cm³/mol. The number of aliphatic carboxylic acids is 1. The topological polar surface area (TPSA) is 95.9 Å². The van der Waals surface area contributed by atoms with Gasteiger partial charge in [0, 0.05) is 19.6 Å². The van der Waals surface area contributed by atoms with Crippen LogP contribution in [-0.2, 0) is 25.7 Å². The summed E-state index contributed by atoms with van der Waals surface area (Å²) in [6, 6.07) is 8.15. The third kappa shape index (κ3) is 4.03. The first kappa shape index (κ1) is 15.0. The third-order valence-corrected chi connectivity index (χ3v) is 3.15. The Labute approximate surface area is 121 Å². The van der Waals surface area contributed by atoms with E-state index in [2.05, 4.69) is 5.32 Å². The van der Waals surface area contributed by atoms with Gasteiger partial charge in [0.15, 0.2) is 0 Å². The van der Waals surface area contributed by atoms with Crippen LogP contribution in [0.25, 0.3) is 0 Å². The average molecular weight is 292 g/mol. The Hall–Kier alpha value is -2.41. The van der Waals surface area contributed by atoms with E-state index >= 15 is 0 Å². The van der Waals surface area contributed by atoms with Gasteiger partial charge in [-0.3, -0.25) is 9.59 Å². The summed E-state index contributed by atoms with van der Waals surface area (Å²) >= 11 is 0. The molecule has 21 heavy (non-hydrogen) atoms. The zero-order valence-electron chi connectivity index (χ0n) is 11.3. The van der Waals surface area contributed by atoms with E-state index in [9.17, 15) is 14.4 Å². The van der Waals surface area contributed by atoms with Crippen molar-refractivity contribution < 1.29 is 24.2 Å². The molecular formula is C14H16N2O5. The molecule has 1 aromatic rings. The molecule has 1 amide bonds. The molecule has 1 fully saturated rings. The summed E-state index contributed by atoms with van der Waals surface area (Å²) in [4.78, 5) is 35.7. The highest BCUT2D eigenvalue weighted by molar-refractivity contribution is 6.32. The highest BCUT2D eigenvalue weighted by Gasteiger charge is 2.31. The summed E-state index contributed by atoms with van der Waals surface area (Å²) in [6.45, 7) is 0.576. The van der Waals surface area contributed by atoms with Gasteiger partial charge in [0.25, 0.3) is 0 Å². The summed E-state index contributed by atoms with van der Waals surface area (Å²) in [5.74, 6) is -2.83. The van der Waals surface area contributed by atoms with Gasteiger partial charge in [0.2, 0.25) is 0 Å². The smallest absolute Gasteiger partial charge is 0.397 e. The summed E-state index contributed by atoms with van der Waals surface area (Å²) < 4.78 is 4.94. The minimum absolute atomic E-state index is 0.0138. The molecule has 0 bridgehead atoms. The lowest BCUT2D eigenvalue weighted by atomic mass is 10.2. The number of carboxylic acids is 1. The van der Waals surface area contributed by atoms with Crippen LogP contribution in [0.5, 0.6) is 0 Å². The average Bonchev–Trinajstić information content (AvgIpc) is 2.53. The van der Waals surface area contributed by atoms with Crippen LogP contribution in [0.1, 0.15) is 5.56 Å². The van der Waals surface area contributed by atoms with Crippen LogP contribution in [0.3, 0.4) is 0 Å². The van der Waals surface area contributed by atoms with Gasteiger partial charge < -0.3 is 20.1 Å². The number of carbonyl (C=O) groups is 3. The maximum absolute atomic E-state index is 11.9. The zero-order valence-corrected chi connectivity index (χ0v) is 11.3. The van der Waals surface area contributed by atoms with Gasteiger partial charge in [-0.1, -0.05) is 30.3 Å². The number of rotatable bonds is 3. The number of ether oxygens (including phenoxy) is 1. The minimum atomic E-state index is -1.05. The fraction of sp³-hybridized carbons (Fsp3) is 0.357. The maximum Gasteiger partial charge on any atom is 0.397 e. The minimum Gasteiger partial charge on any atom is -0.480 e. The Balaban J connectivity index is 1.87. The molecule has 2 N–H and O–H groups in total. The molecule has 1 aromatic carbocycles.